The SMILES string of the molecule is Cc1n[nH]c(=O)c(-c2ccsc2)c1-c1ccc(Cl)cc1. The van der Waals surface area contributed by atoms with Crippen molar-refractivity contribution in [2.24, 2.45) is 0 Å². The number of hydrogen-bond acceptors (Lipinski definition) is 3. The highest BCUT2D eigenvalue weighted by Crippen LogP contribution is 2.32. The van der Waals surface area contributed by atoms with Crippen molar-refractivity contribution in [1.29, 1.82) is 0 Å². The highest BCUT2D eigenvalue weighted by molar-refractivity contribution is 7.08. The first-order chi connectivity index (χ1) is 9.66. The van der Waals surface area contributed by atoms with E-state index in [2.05, 4.69) is 10.2 Å². The van der Waals surface area contributed by atoms with Crippen LogP contribution in [-0.4, -0.2) is 10.2 Å². The van der Waals surface area contributed by atoms with Crippen molar-refractivity contribution in [2.45, 2.75) is 6.92 Å². The fourth-order valence-electron chi connectivity index (χ4n) is 2.19. The molecule has 0 bridgehead atoms. The third kappa shape index (κ3) is 2.28. The molecule has 0 fully saturated rings. The fourth-order valence-corrected chi connectivity index (χ4v) is 2.97. The molecule has 0 aliphatic heterocycles. The van der Waals surface area contributed by atoms with E-state index in [4.69, 9.17) is 11.6 Å². The number of thiophene rings is 1. The lowest BCUT2D eigenvalue weighted by atomic mass is 9.96. The van der Waals surface area contributed by atoms with E-state index in [1.807, 2.05) is 48.0 Å². The second-order valence-electron chi connectivity index (χ2n) is 4.41. The molecule has 0 saturated carbocycles. The van der Waals surface area contributed by atoms with Crippen LogP contribution in [0, 0.1) is 6.92 Å². The van der Waals surface area contributed by atoms with Gasteiger partial charge < -0.3 is 0 Å². The number of halogens is 1. The molecule has 3 rings (SSSR count). The lowest BCUT2D eigenvalue weighted by Gasteiger charge is -2.10. The Morgan fingerprint density at radius 3 is 2.50 bits per heavy atom. The summed E-state index contributed by atoms with van der Waals surface area (Å²) >= 11 is 7.49. The Kier molecular flexibility index (Phi) is 3.42. The molecule has 0 atom stereocenters. The third-order valence-corrected chi connectivity index (χ3v) is 4.04. The van der Waals surface area contributed by atoms with Crippen LogP contribution in [0.3, 0.4) is 0 Å². The number of rotatable bonds is 2. The van der Waals surface area contributed by atoms with Crippen LogP contribution in [-0.2, 0) is 0 Å². The van der Waals surface area contributed by atoms with Crippen molar-refractivity contribution in [2.75, 3.05) is 0 Å². The van der Waals surface area contributed by atoms with Crippen LogP contribution in [0.2, 0.25) is 5.02 Å². The highest BCUT2D eigenvalue weighted by Gasteiger charge is 2.15. The smallest absolute Gasteiger partial charge is 0.267 e. The largest absolute Gasteiger partial charge is 0.272 e. The van der Waals surface area contributed by atoms with E-state index in [-0.39, 0.29) is 5.56 Å². The Morgan fingerprint density at radius 2 is 1.85 bits per heavy atom. The summed E-state index contributed by atoms with van der Waals surface area (Å²) < 4.78 is 0. The number of H-pyrrole nitrogens is 1. The molecule has 1 N–H and O–H groups in total. The number of aryl methyl sites for hydroxylation is 1. The maximum atomic E-state index is 12.2. The zero-order valence-corrected chi connectivity index (χ0v) is 12.3. The Bertz CT molecular complexity index is 792. The van der Waals surface area contributed by atoms with Gasteiger partial charge in [-0.15, -0.1) is 0 Å². The molecule has 0 aliphatic carbocycles. The first kappa shape index (κ1) is 13.1. The fraction of sp³-hybridized carbons (Fsp3) is 0.0667. The number of nitrogens with zero attached hydrogens (tertiary/aromatic N) is 1. The number of benzene rings is 1. The van der Waals surface area contributed by atoms with Crippen LogP contribution in [0.1, 0.15) is 5.69 Å². The van der Waals surface area contributed by atoms with Gasteiger partial charge in [0.15, 0.2) is 0 Å². The van der Waals surface area contributed by atoms with Crippen molar-refractivity contribution in [3.05, 3.63) is 62.2 Å². The van der Waals surface area contributed by atoms with Gasteiger partial charge in [-0.2, -0.15) is 16.4 Å². The third-order valence-electron chi connectivity index (χ3n) is 3.11. The predicted molar refractivity (Wildman–Crippen MR) is 83.4 cm³/mol. The van der Waals surface area contributed by atoms with Crippen molar-refractivity contribution >= 4 is 22.9 Å². The topological polar surface area (TPSA) is 45.8 Å². The Balaban J connectivity index is 2.32. The Labute approximate surface area is 124 Å². The Morgan fingerprint density at radius 1 is 1.10 bits per heavy atom. The normalized spacial score (nSPS) is 10.7. The predicted octanol–water partition coefficient (Wildman–Crippen LogP) is 4.13. The number of aromatic amines is 1. The second-order valence-corrected chi connectivity index (χ2v) is 5.62. The monoisotopic (exact) mass is 302 g/mol. The molecule has 2 aromatic heterocycles. The molecule has 0 radical (unpaired) electrons. The van der Waals surface area contributed by atoms with Crippen molar-refractivity contribution < 1.29 is 0 Å². The van der Waals surface area contributed by atoms with Crippen LogP contribution in [0.25, 0.3) is 22.3 Å². The molecular formula is C15H11ClN2OS. The minimum Gasteiger partial charge on any atom is -0.267 e. The van der Waals surface area contributed by atoms with Gasteiger partial charge >= 0.3 is 0 Å². The summed E-state index contributed by atoms with van der Waals surface area (Å²) in [4.78, 5) is 12.2. The van der Waals surface area contributed by atoms with Crippen LogP contribution < -0.4 is 5.56 Å². The van der Waals surface area contributed by atoms with Crippen LogP contribution in [0.5, 0.6) is 0 Å². The van der Waals surface area contributed by atoms with Crippen molar-refractivity contribution in [3.63, 3.8) is 0 Å². The summed E-state index contributed by atoms with van der Waals surface area (Å²) in [6.45, 7) is 1.88. The zero-order chi connectivity index (χ0) is 14.1. The molecule has 2 heterocycles. The highest BCUT2D eigenvalue weighted by atomic mass is 35.5. The standard InChI is InChI=1S/C15H11ClN2OS/c1-9-13(10-2-4-12(16)5-3-10)14(15(19)18-17-9)11-6-7-20-8-11/h2-8H,1H3,(H,18,19). The van der Waals surface area contributed by atoms with Gasteiger partial charge in [0.05, 0.1) is 11.3 Å². The molecular weight excluding hydrogens is 292 g/mol. The molecule has 0 aliphatic rings. The summed E-state index contributed by atoms with van der Waals surface area (Å²) in [5.41, 5.74) is 3.95. The molecule has 1 aromatic carbocycles. The first-order valence-corrected chi connectivity index (χ1v) is 7.36. The van der Waals surface area contributed by atoms with E-state index in [9.17, 15) is 4.79 Å². The molecule has 0 spiro atoms. The van der Waals surface area contributed by atoms with Gasteiger partial charge in [0, 0.05) is 10.6 Å². The van der Waals surface area contributed by atoms with Gasteiger partial charge in [-0.1, -0.05) is 23.7 Å². The first-order valence-electron chi connectivity index (χ1n) is 6.04. The van der Waals surface area contributed by atoms with Gasteiger partial charge in [-0.3, -0.25) is 4.79 Å². The van der Waals surface area contributed by atoms with Gasteiger partial charge in [0.25, 0.3) is 5.56 Å². The minimum atomic E-state index is -0.182. The lowest BCUT2D eigenvalue weighted by Crippen LogP contribution is -2.13. The molecule has 3 aromatic rings. The average Bonchev–Trinajstić information content (AvgIpc) is 2.96. The van der Waals surface area contributed by atoms with E-state index in [1.165, 1.54) is 0 Å². The Hall–Kier alpha value is -1.91. The van der Waals surface area contributed by atoms with Crippen LogP contribution in [0.4, 0.5) is 0 Å². The molecule has 0 amide bonds. The summed E-state index contributed by atoms with van der Waals surface area (Å²) in [7, 11) is 0. The van der Waals surface area contributed by atoms with Crippen LogP contribution in [0.15, 0.2) is 45.9 Å². The molecule has 3 nitrogen and oxygen atoms in total. The quantitative estimate of drug-likeness (QED) is 0.773. The number of hydrogen-bond donors (Lipinski definition) is 1. The van der Waals surface area contributed by atoms with Crippen molar-refractivity contribution in [3.8, 4) is 22.3 Å². The lowest BCUT2D eigenvalue weighted by molar-refractivity contribution is 0.952. The molecule has 5 heteroatoms. The summed E-state index contributed by atoms with van der Waals surface area (Å²) in [5.74, 6) is 0. The van der Waals surface area contributed by atoms with Crippen molar-refractivity contribution in [1.82, 2.24) is 10.2 Å². The summed E-state index contributed by atoms with van der Waals surface area (Å²) in [6.07, 6.45) is 0. The minimum absolute atomic E-state index is 0.182. The van der Waals surface area contributed by atoms with Gasteiger partial charge in [-0.05, 0) is 47.0 Å². The molecule has 0 saturated heterocycles. The van der Waals surface area contributed by atoms with Crippen LogP contribution >= 0.6 is 22.9 Å². The van der Waals surface area contributed by atoms with Gasteiger partial charge in [-0.25, -0.2) is 5.10 Å². The second kappa shape index (κ2) is 5.23. The van der Waals surface area contributed by atoms with E-state index in [0.29, 0.717) is 10.6 Å². The average molecular weight is 303 g/mol. The van der Waals surface area contributed by atoms with Gasteiger partial charge in [0.1, 0.15) is 0 Å². The van der Waals surface area contributed by atoms with E-state index >= 15 is 0 Å². The maximum Gasteiger partial charge on any atom is 0.272 e. The summed E-state index contributed by atoms with van der Waals surface area (Å²) in [6, 6.07) is 9.38. The van der Waals surface area contributed by atoms with Gasteiger partial charge in [0.2, 0.25) is 0 Å². The number of aromatic nitrogens is 2. The zero-order valence-electron chi connectivity index (χ0n) is 10.7. The maximum absolute atomic E-state index is 12.2. The summed E-state index contributed by atoms with van der Waals surface area (Å²) in [5, 5.41) is 11.2. The molecule has 20 heavy (non-hydrogen) atoms. The molecule has 100 valence electrons. The van der Waals surface area contributed by atoms with E-state index in [0.717, 1.165) is 22.4 Å². The molecule has 0 unspecified atom stereocenters. The number of nitrogens with one attached hydrogen (secondary N) is 1. The van der Waals surface area contributed by atoms with E-state index < -0.39 is 0 Å². The van der Waals surface area contributed by atoms with E-state index in [1.54, 1.807) is 11.3 Å².